The summed E-state index contributed by atoms with van der Waals surface area (Å²) >= 11 is 8.69. The fourth-order valence-electron chi connectivity index (χ4n) is 0.297. The van der Waals surface area contributed by atoms with Crippen LogP contribution in [-0.2, 0) is 0 Å². The Morgan fingerprint density at radius 1 is 1.75 bits per heavy atom. The first-order chi connectivity index (χ1) is 3.77. The monoisotopic (exact) mass is 260 g/mol. The minimum absolute atomic E-state index is 0.575. The van der Waals surface area contributed by atoms with E-state index in [0.717, 1.165) is 2.67 Å². The first-order valence-corrected chi connectivity index (χ1v) is 5.86. The van der Waals surface area contributed by atoms with Gasteiger partial charge in [0.1, 0.15) is 0 Å². The SMILES string of the molecule is CCCC[Se]C(=S)Br. The van der Waals surface area contributed by atoms with Gasteiger partial charge in [-0.15, -0.1) is 0 Å². The Labute approximate surface area is 70.7 Å². The standard InChI is InChI=1S/C5H9BrSSe/c1-2-3-4-8-5(6)7/h2-4H2,1H3. The third-order valence-electron chi connectivity index (χ3n) is 0.713. The molecule has 0 aliphatic heterocycles. The quantitative estimate of drug-likeness (QED) is 0.324. The second-order valence-electron chi connectivity index (χ2n) is 1.44. The minimum atomic E-state index is 0.575. The van der Waals surface area contributed by atoms with Crippen LogP contribution in [0.25, 0.3) is 0 Å². The van der Waals surface area contributed by atoms with Crippen molar-refractivity contribution in [3.05, 3.63) is 0 Å². The predicted molar refractivity (Wildman–Crippen MR) is 47.0 cm³/mol. The van der Waals surface area contributed by atoms with Crippen molar-refractivity contribution in [1.29, 1.82) is 0 Å². The predicted octanol–water partition coefficient (Wildman–Crippen LogP) is 2.59. The zero-order chi connectivity index (χ0) is 6.41. The third kappa shape index (κ3) is 7.09. The van der Waals surface area contributed by atoms with Crippen molar-refractivity contribution in [2.75, 3.05) is 0 Å². The molecule has 0 radical (unpaired) electrons. The molecule has 0 fully saturated rings. The van der Waals surface area contributed by atoms with Gasteiger partial charge < -0.3 is 0 Å². The molecule has 0 aromatic heterocycles. The van der Waals surface area contributed by atoms with Gasteiger partial charge in [-0.2, -0.15) is 0 Å². The normalized spacial score (nSPS) is 9.25. The summed E-state index contributed by atoms with van der Waals surface area (Å²) in [5, 5.41) is 1.30. The topological polar surface area (TPSA) is 0 Å². The zero-order valence-electron chi connectivity index (χ0n) is 4.82. The molecule has 0 spiro atoms. The summed E-state index contributed by atoms with van der Waals surface area (Å²) in [6.07, 6.45) is 2.61. The van der Waals surface area contributed by atoms with Crippen LogP contribution in [0.15, 0.2) is 0 Å². The van der Waals surface area contributed by atoms with E-state index in [1.165, 1.54) is 18.2 Å². The number of unbranched alkanes of at least 4 members (excludes halogenated alkanes) is 1. The van der Waals surface area contributed by atoms with Crippen molar-refractivity contribution in [1.82, 2.24) is 0 Å². The summed E-state index contributed by atoms with van der Waals surface area (Å²) in [5.74, 6) is 0. The first-order valence-electron chi connectivity index (χ1n) is 2.59. The molecule has 0 heterocycles. The van der Waals surface area contributed by atoms with Gasteiger partial charge in [-0.1, -0.05) is 0 Å². The Hall–Kier alpha value is 1.09. The van der Waals surface area contributed by atoms with E-state index in [0.29, 0.717) is 15.0 Å². The second kappa shape index (κ2) is 6.21. The Morgan fingerprint density at radius 2 is 2.38 bits per heavy atom. The molecule has 0 nitrogen and oxygen atoms in total. The Kier molecular flexibility index (Phi) is 7.06. The van der Waals surface area contributed by atoms with E-state index in [1.807, 2.05) is 0 Å². The van der Waals surface area contributed by atoms with Gasteiger partial charge in [-0.05, 0) is 0 Å². The fourth-order valence-corrected chi connectivity index (χ4v) is 2.82. The first kappa shape index (κ1) is 9.09. The van der Waals surface area contributed by atoms with Crippen LogP contribution >= 0.6 is 28.1 Å². The molecule has 0 N–H and O–H groups in total. The molecular weight excluding hydrogens is 251 g/mol. The summed E-state index contributed by atoms with van der Waals surface area (Å²) in [5.41, 5.74) is 0. The van der Waals surface area contributed by atoms with E-state index < -0.39 is 0 Å². The van der Waals surface area contributed by atoms with Gasteiger partial charge in [-0.3, -0.25) is 0 Å². The van der Waals surface area contributed by atoms with Gasteiger partial charge in [-0.25, -0.2) is 0 Å². The van der Waals surface area contributed by atoms with Crippen molar-refractivity contribution < 1.29 is 0 Å². The molecule has 0 saturated heterocycles. The molecule has 0 aliphatic carbocycles. The van der Waals surface area contributed by atoms with Crippen LogP contribution < -0.4 is 0 Å². The van der Waals surface area contributed by atoms with E-state index in [4.69, 9.17) is 12.2 Å². The molecule has 48 valence electrons. The number of thiocarbonyl (C=S) groups is 1. The zero-order valence-corrected chi connectivity index (χ0v) is 8.93. The number of halogens is 1. The van der Waals surface area contributed by atoms with Crippen LogP contribution in [0.4, 0.5) is 0 Å². The van der Waals surface area contributed by atoms with Crippen molar-refractivity contribution in [2.24, 2.45) is 0 Å². The second-order valence-corrected chi connectivity index (χ2v) is 7.25. The van der Waals surface area contributed by atoms with Crippen molar-refractivity contribution >= 4 is 45.8 Å². The van der Waals surface area contributed by atoms with Gasteiger partial charge >= 0.3 is 70.9 Å². The summed E-state index contributed by atoms with van der Waals surface area (Å²) in [6, 6.07) is 0. The van der Waals surface area contributed by atoms with Crippen molar-refractivity contribution in [2.45, 2.75) is 25.1 Å². The number of hydrogen-bond donors (Lipinski definition) is 0. The molecule has 8 heavy (non-hydrogen) atoms. The van der Waals surface area contributed by atoms with Gasteiger partial charge in [0.15, 0.2) is 0 Å². The van der Waals surface area contributed by atoms with Crippen LogP contribution in [0.1, 0.15) is 19.8 Å². The maximum atomic E-state index is 4.85. The van der Waals surface area contributed by atoms with Crippen molar-refractivity contribution in [3.63, 3.8) is 0 Å². The molecular formula is C5H9BrSSe. The molecule has 0 amide bonds. The van der Waals surface area contributed by atoms with Gasteiger partial charge in [0.05, 0.1) is 0 Å². The van der Waals surface area contributed by atoms with E-state index in [1.54, 1.807) is 0 Å². The Bertz CT molecular complexity index is 74.8. The molecule has 0 aromatic rings. The van der Waals surface area contributed by atoms with E-state index in [9.17, 15) is 0 Å². The average Bonchev–Trinajstić information content (AvgIpc) is 1.66. The summed E-state index contributed by atoms with van der Waals surface area (Å²) in [4.78, 5) is 0. The number of hydrogen-bond acceptors (Lipinski definition) is 1. The molecule has 0 saturated carbocycles. The van der Waals surface area contributed by atoms with Gasteiger partial charge in [0.25, 0.3) is 0 Å². The molecule has 0 unspecified atom stereocenters. The fraction of sp³-hybridized carbons (Fsp3) is 0.800. The molecule has 0 aliphatic rings. The molecule has 0 rings (SSSR count). The summed E-state index contributed by atoms with van der Waals surface area (Å²) in [7, 11) is 0. The van der Waals surface area contributed by atoms with Crippen LogP contribution in [0.5, 0.6) is 0 Å². The maximum absolute atomic E-state index is 4.85. The molecule has 0 aromatic carbocycles. The van der Waals surface area contributed by atoms with Crippen LogP contribution in [0.3, 0.4) is 0 Å². The van der Waals surface area contributed by atoms with E-state index >= 15 is 0 Å². The Morgan fingerprint density at radius 3 is 2.75 bits per heavy atom. The van der Waals surface area contributed by atoms with E-state index in [-0.39, 0.29) is 0 Å². The van der Waals surface area contributed by atoms with Crippen molar-refractivity contribution in [3.8, 4) is 0 Å². The van der Waals surface area contributed by atoms with Crippen LogP contribution in [0, 0.1) is 0 Å². The number of rotatable bonds is 4. The van der Waals surface area contributed by atoms with Crippen LogP contribution in [-0.4, -0.2) is 17.6 Å². The van der Waals surface area contributed by atoms with Gasteiger partial charge in [0, 0.05) is 0 Å². The Balaban J connectivity index is 2.82. The summed E-state index contributed by atoms with van der Waals surface area (Å²) in [6.45, 7) is 2.20. The van der Waals surface area contributed by atoms with Crippen LogP contribution in [0.2, 0.25) is 5.32 Å². The third-order valence-corrected chi connectivity index (χ3v) is 4.03. The molecule has 3 heteroatoms. The van der Waals surface area contributed by atoms with E-state index in [2.05, 4.69) is 22.9 Å². The average molecular weight is 260 g/mol. The molecule has 0 atom stereocenters. The molecule has 0 bridgehead atoms. The van der Waals surface area contributed by atoms with Gasteiger partial charge in [0.2, 0.25) is 0 Å². The summed E-state index contributed by atoms with van der Waals surface area (Å²) < 4.78 is 1.03.